The Morgan fingerprint density at radius 1 is 1.14 bits per heavy atom. The van der Waals surface area contributed by atoms with Crippen molar-refractivity contribution in [1.29, 1.82) is 0 Å². The number of rotatable bonds is 3. The van der Waals surface area contributed by atoms with Crippen LogP contribution >= 0.6 is 12.1 Å². The highest BCUT2D eigenvalue weighted by Crippen LogP contribution is 2.29. The monoisotopic (exact) mass is 308 g/mol. The van der Waals surface area contributed by atoms with Gasteiger partial charge in [0.05, 0.1) is 36.7 Å². The molecule has 0 spiro atoms. The Morgan fingerprint density at radius 2 is 1.86 bits per heavy atom. The highest BCUT2D eigenvalue weighted by Gasteiger charge is 2.24. The fourth-order valence-corrected chi connectivity index (χ4v) is 2.96. The van der Waals surface area contributed by atoms with Gasteiger partial charge >= 0.3 is 0 Å². The third kappa shape index (κ3) is 3.12. The molecule has 8 heteroatoms. The molecule has 0 radical (unpaired) electrons. The maximum atomic E-state index is 5.94. The molecule has 21 heavy (non-hydrogen) atoms. The normalized spacial score (nSPS) is 19.3. The summed E-state index contributed by atoms with van der Waals surface area (Å²) in [5.41, 5.74) is 8.46. The van der Waals surface area contributed by atoms with Gasteiger partial charge in [-0.3, -0.25) is 9.21 Å². The smallest absolute Gasteiger partial charge is 0.170 e. The van der Waals surface area contributed by atoms with Gasteiger partial charge in [0.25, 0.3) is 0 Å². The molecule has 0 aliphatic carbocycles. The lowest BCUT2D eigenvalue weighted by Gasteiger charge is -2.30. The van der Waals surface area contributed by atoms with Crippen LogP contribution in [0.3, 0.4) is 0 Å². The zero-order valence-corrected chi connectivity index (χ0v) is 13.2. The number of hydrogen-bond acceptors (Lipinski definition) is 8. The lowest BCUT2D eigenvalue weighted by molar-refractivity contribution is 0.0395. The second-order valence-electron chi connectivity index (χ2n) is 5.18. The molecule has 0 saturated carbocycles. The van der Waals surface area contributed by atoms with E-state index in [9.17, 15) is 0 Å². The molecule has 1 aromatic rings. The molecule has 0 unspecified atom stereocenters. The lowest BCUT2D eigenvalue weighted by atomic mass is 10.3. The third-order valence-electron chi connectivity index (χ3n) is 3.73. The topological polar surface area (TPSA) is 79.9 Å². The van der Waals surface area contributed by atoms with E-state index in [1.807, 2.05) is 13.8 Å². The number of nitrogens with two attached hydrogens (primary N) is 1. The summed E-state index contributed by atoms with van der Waals surface area (Å²) >= 11 is 1.35. The van der Waals surface area contributed by atoms with E-state index in [1.165, 1.54) is 12.1 Å². The van der Waals surface area contributed by atoms with Gasteiger partial charge in [-0.2, -0.15) is 4.40 Å². The molecule has 1 fully saturated rings. The quantitative estimate of drug-likeness (QED) is 0.815. The Morgan fingerprint density at radius 3 is 2.62 bits per heavy atom. The average Bonchev–Trinajstić information content (AvgIpc) is 2.50. The summed E-state index contributed by atoms with van der Waals surface area (Å²) in [6, 6.07) is 0. The first-order valence-corrected chi connectivity index (χ1v) is 7.82. The molecular formula is C13H20N6OS. The Bertz CT molecular complexity index is 558. The molecule has 2 aliphatic rings. The number of aromatic nitrogens is 2. The molecule has 0 atom stereocenters. The van der Waals surface area contributed by atoms with Crippen molar-refractivity contribution >= 4 is 23.8 Å². The summed E-state index contributed by atoms with van der Waals surface area (Å²) in [7, 11) is 0. The largest absolute Gasteiger partial charge is 0.381 e. The first kappa shape index (κ1) is 14.6. The van der Waals surface area contributed by atoms with Gasteiger partial charge in [0.2, 0.25) is 0 Å². The lowest BCUT2D eigenvalue weighted by Crippen LogP contribution is -2.41. The van der Waals surface area contributed by atoms with E-state index in [0.717, 1.165) is 56.6 Å². The molecule has 3 heterocycles. The number of nitrogens with zero attached hydrogens (tertiary/aromatic N) is 5. The van der Waals surface area contributed by atoms with Crippen LogP contribution in [0.2, 0.25) is 0 Å². The van der Waals surface area contributed by atoms with Crippen LogP contribution in [0.5, 0.6) is 0 Å². The van der Waals surface area contributed by atoms with E-state index < -0.39 is 0 Å². The van der Waals surface area contributed by atoms with E-state index in [4.69, 9.17) is 10.5 Å². The van der Waals surface area contributed by atoms with E-state index in [1.54, 1.807) is 0 Å². The van der Waals surface area contributed by atoms with Crippen LogP contribution < -0.4 is 10.0 Å². The molecule has 7 nitrogen and oxygen atoms in total. The van der Waals surface area contributed by atoms with Crippen LogP contribution in [0.1, 0.15) is 17.1 Å². The van der Waals surface area contributed by atoms with Gasteiger partial charge in [-0.1, -0.05) is 0 Å². The van der Waals surface area contributed by atoms with Gasteiger partial charge < -0.3 is 10.5 Å². The molecule has 1 aromatic heterocycles. The van der Waals surface area contributed by atoms with Crippen molar-refractivity contribution in [2.45, 2.75) is 13.8 Å². The summed E-state index contributed by atoms with van der Waals surface area (Å²) in [4.78, 5) is 11.6. The summed E-state index contributed by atoms with van der Waals surface area (Å²) in [5.74, 6) is 1.28. The second-order valence-corrected chi connectivity index (χ2v) is 5.97. The van der Waals surface area contributed by atoms with Crippen LogP contribution in [0.4, 0.5) is 5.82 Å². The van der Waals surface area contributed by atoms with E-state index >= 15 is 0 Å². The SMILES string of the molecule is Cc1nc2c(nc1C)N(CCN1CCOCC1)SN=C2N. The fourth-order valence-electron chi connectivity index (χ4n) is 2.32. The number of ether oxygens (including phenoxy) is 1. The number of morpholine rings is 1. The van der Waals surface area contributed by atoms with E-state index in [0.29, 0.717) is 11.5 Å². The summed E-state index contributed by atoms with van der Waals surface area (Å²) < 4.78 is 11.7. The maximum Gasteiger partial charge on any atom is 0.170 e. The number of anilines is 1. The predicted octanol–water partition coefficient (Wildman–Crippen LogP) is 0.514. The number of hydrogen-bond donors (Lipinski definition) is 1. The zero-order valence-electron chi connectivity index (χ0n) is 12.4. The van der Waals surface area contributed by atoms with Crippen LogP contribution in [-0.2, 0) is 4.74 Å². The molecule has 0 aromatic carbocycles. The molecule has 3 rings (SSSR count). The molecule has 114 valence electrons. The molecule has 0 bridgehead atoms. The Labute approximate surface area is 128 Å². The zero-order chi connectivity index (χ0) is 14.8. The Kier molecular flexibility index (Phi) is 4.27. The van der Waals surface area contributed by atoms with Crippen LogP contribution in [-0.4, -0.2) is 60.1 Å². The van der Waals surface area contributed by atoms with Crippen molar-refractivity contribution in [2.24, 2.45) is 10.1 Å². The highest BCUT2D eigenvalue weighted by atomic mass is 32.2. The van der Waals surface area contributed by atoms with Gasteiger partial charge in [0.15, 0.2) is 11.7 Å². The Hall–Kier alpha value is -1.38. The van der Waals surface area contributed by atoms with Crippen molar-refractivity contribution in [3.63, 3.8) is 0 Å². The van der Waals surface area contributed by atoms with Gasteiger partial charge in [-0.15, -0.1) is 0 Å². The van der Waals surface area contributed by atoms with E-state index in [2.05, 4.69) is 23.6 Å². The maximum absolute atomic E-state index is 5.94. The summed E-state index contributed by atoms with van der Waals surface area (Å²) in [6.07, 6.45) is 0. The van der Waals surface area contributed by atoms with E-state index in [-0.39, 0.29) is 0 Å². The first-order chi connectivity index (χ1) is 10.1. The molecule has 2 N–H and O–H groups in total. The van der Waals surface area contributed by atoms with Crippen molar-refractivity contribution < 1.29 is 4.74 Å². The minimum Gasteiger partial charge on any atom is -0.381 e. The minimum absolute atomic E-state index is 0.452. The molecule has 2 aliphatic heterocycles. The van der Waals surface area contributed by atoms with Gasteiger partial charge in [-0.25, -0.2) is 9.97 Å². The van der Waals surface area contributed by atoms with Crippen LogP contribution in [0.15, 0.2) is 4.40 Å². The van der Waals surface area contributed by atoms with Crippen molar-refractivity contribution in [1.82, 2.24) is 14.9 Å². The number of aryl methyl sites for hydroxylation is 2. The molecular weight excluding hydrogens is 288 g/mol. The predicted molar refractivity (Wildman–Crippen MR) is 84.4 cm³/mol. The minimum atomic E-state index is 0.452. The van der Waals surface area contributed by atoms with Crippen LogP contribution in [0.25, 0.3) is 0 Å². The van der Waals surface area contributed by atoms with Gasteiger partial charge in [-0.05, 0) is 13.8 Å². The molecule has 0 amide bonds. The third-order valence-corrected chi connectivity index (χ3v) is 4.56. The fraction of sp³-hybridized carbons (Fsp3) is 0.615. The van der Waals surface area contributed by atoms with Crippen LogP contribution in [0, 0.1) is 13.8 Å². The van der Waals surface area contributed by atoms with Crippen molar-refractivity contribution in [3.05, 3.63) is 17.1 Å². The first-order valence-electron chi connectivity index (χ1n) is 7.09. The van der Waals surface area contributed by atoms with Crippen molar-refractivity contribution in [3.8, 4) is 0 Å². The standard InChI is InChI=1S/C13H20N6OS/c1-9-10(2)16-13-11(15-9)12(14)17-21-19(13)4-3-18-5-7-20-8-6-18/h3-8H2,1-2H3,(H2,14,17). The summed E-state index contributed by atoms with van der Waals surface area (Å²) in [5, 5.41) is 0. The highest BCUT2D eigenvalue weighted by molar-refractivity contribution is 7.99. The van der Waals surface area contributed by atoms with Gasteiger partial charge in [0.1, 0.15) is 5.69 Å². The van der Waals surface area contributed by atoms with Gasteiger partial charge in [0, 0.05) is 26.2 Å². The average molecular weight is 308 g/mol. The van der Waals surface area contributed by atoms with Crippen molar-refractivity contribution in [2.75, 3.05) is 43.7 Å². The Balaban J connectivity index is 1.74. The number of fused-ring (bicyclic) bond motifs is 1. The second kappa shape index (κ2) is 6.17. The molecule has 1 saturated heterocycles. The summed E-state index contributed by atoms with van der Waals surface area (Å²) in [6.45, 7) is 9.29. The number of amidine groups is 1.